The fraction of sp³-hybridized carbons (Fsp3) is 0.500. The number of nitrogens with one attached hydrogen (secondary N) is 1. The van der Waals surface area contributed by atoms with Gasteiger partial charge in [0.15, 0.2) is 0 Å². The van der Waals surface area contributed by atoms with Crippen molar-refractivity contribution < 1.29 is 4.79 Å². The molecule has 0 aliphatic carbocycles. The Kier molecular flexibility index (Phi) is 3.96. The Hall–Kier alpha value is -0.830. The molecule has 1 amide bonds. The van der Waals surface area contributed by atoms with Crippen LogP contribution in [0.15, 0.2) is 12.1 Å². The lowest BCUT2D eigenvalue weighted by Gasteiger charge is -2.00. The van der Waals surface area contributed by atoms with Gasteiger partial charge in [-0.25, -0.2) is 0 Å². The maximum absolute atomic E-state index is 11.1. The summed E-state index contributed by atoms with van der Waals surface area (Å²) in [5, 5.41) is 2.88. The van der Waals surface area contributed by atoms with Crippen LogP contribution in [0.1, 0.15) is 29.5 Å². The molecule has 0 fully saturated rings. The van der Waals surface area contributed by atoms with Gasteiger partial charge in [0.25, 0.3) is 0 Å². The Bertz CT molecular complexity index is 280. The van der Waals surface area contributed by atoms with E-state index in [0.717, 1.165) is 6.42 Å². The van der Waals surface area contributed by atoms with Gasteiger partial charge in [-0.2, -0.15) is 0 Å². The van der Waals surface area contributed by atoms with E-state index < -0.39 is 0 Å². The Morgan fingerprint density at radius 2 is 2.31 bits per heavy atom. The number of hydrogen-bond acceptors (Lipinski definition) is 2. The average molecular weight is 197 g/mol. The van der Waals surface area contributed by atoms with Crippen LogP contribution < -0.4 is 5.32 Å². The van der Waals surface area contributed by atoms with Crippen LogP contribution in [-0.2, 0) is 11.3 Å². The van der Waals surface area contributed by atoms with Gasteiger partial charge in [0.2, 0.25) is 5.91 Å². The summed E-state index contributed by atoms with van der Waals surface area (Å²) >= 11 is 1.73. The van der Waals surface area contributed by atoms with E-state index in [-0.39, 0.29) is 5.91 Å². The molecular weight excluding hydrogens is 182 g/mol. The molecule has 0 unspecified atom stereocenters. The first-order chi connectivity index (χ1) is 6.22. The van der Waals surface area contributed by atoms with E-state index in [1.807, 2.05) is 6.92 Å². The monoisotopic (exact) mass is 197 g/mol. The Balaban J connectivity index is 2.30. The van der Waals surface area contributed by atoms with Crippen molar-refractivity contribution in [2.45, 2.75) is 33.2 Å². The Labute approximate surface area is 83.0 Å². The van der Waals surface area contributed by atoms with E-state index in [9.17, 15) is 4.79 Å². The summed E-state index contributed by atoms with van der Waals surface area (Å²) in [7, 11) is 0. The second kappa shape index (κ2) is 5.02. The molecular formula is C10H15NOS. The largest absolute Gasteiger partial charge is 0.351 e. The van der Waals surface area contributed by atoms with Gasteiger partial charge in [-0.15, -0.1) is 11.3 Å². The molecule has 0 aromatic carbocycles. The lowest BCUT2D eigenvalue weighted by atomic mass is 10.3. The minimum absolute atomic E-state index is 0.147. The van der Waals surface area contributed by atoms with Crippen LogP contribution in [0, 0.1) is 6.92 Å². The highest BCUT2D eigenvalue weighted by atomic mass is 32.1. The number of carbonyl (C=O) groups excluding carboxylic acids is 1. The lowest BCUT2D eigenvalue weighted by molar-refractivity contribution is -0.121. The van der Waals surface area contributed by atoms with Crippen molar-refractivity contribution in [2.24, 2.45) is 0 Å². The van der Waals surface area contributed by atoms with Crippen LogP contribution in [0.5, 0.6) is 0 Å². The van der Waals surface area contributed by atoms with Crippen LogP contribution in [0.3, 0.4) is 0 Å². The molecule has 3 heteroatoms. The summed E-state index contributed by atoms with van der Waals surface area (Å²) in [6.07, 6.45) is 1.54. The van der Waals surface area contributed by atoms with E-state index >= 15 is 0 Å². The van der Waals surface area contributed by atoms with Crippen molar-refractivity contribution in [3.05, 3.63) is 21.9 Å². The van der Waals surface area contributed by atoms with Crippen LogP contribution in [0.4, 0.5) is 0 Å². The summed E-state index contributed by atoms with van der Waals surface area (Å²) in [6, 6.07) is 4.14. The zero-order valence-corrected chi connectivity index (χ0v) is 8.91. The first kappa shape index (κ1) is 10.3. The van der Waals surface area contributed by atoms with Crippen LogP contribution >= 0.6 is 11.3 Å². The van der Waals surface area contributed by atoms with Crippen molar-refractivity contribution in [1.82, 2.24) is 5.32 Å². The Morgan fingerprint density at radius 1 is 1.54 bits per heavy atom. The van der Waals surface area contributed by atoms with Gasteiger partial charge in [-0.3, -0.25) is 4.79 Å². The molecule has 2 nitrogen and oxygen atoms in total. The number of carbonyl (C=O) groups is 1. The molecule has 1 aromatic heterocycles. The van der Waals surface area contributed by atoms with Gasteiger partial charge >= 0.3 is 0 Å². The third kappa shape index (κ3) is 3.59. The highest BCUT2D eigenvalue weighted by Gasteiger charge is 2.00. The first-order valence-electron chi connectivity index (χ1n) is 4.54. The van der Waals surface area contributed by atoms with Crippen molar-refractivity contribution in [3.8, 4) is 0 Å². The molecule has 13 heavy (non-hydrogen) atoms. The molecule has 0 aliphatic rings. The van der Waals surface area contributed by atoms with Crippen LogP contribution in [0.25, 0.3) is 0 Å². The van der Waals surface area contributed by atoms with Crippen LogP contribution in [-0.4, -0.2) is 5.91 Å². The van der Waals surface area contributed by atoms with Crippen molar-refractivity contribution in [3.63, 3.8) is 0 Å². The molecule has 0 aliphatic heterocycles. The highest BCUT2D eigenvalue weighted by Crippen LogP contribution is 2.14. The fourth-order valence-electron chi connectivity index (χ4n) is 1.08. The maximum Gasteiger partial charge on any atom is 0.220 e. The topological polar surface area (TPSA) is 29.1 Å². The predicted octanol–water partition coefficient (Wildman–Crippen LogP) is 2.47. The van der Waals surface area contributed by atoms with E-state index in [4.69, 9.17) is 0 Å². The highest BCUT2D eigenvalue weighted by molar-refractivity contribution is 7.11. The third-order valence-corrected chi connectivity index (χ3v) is 2.73. The molecule has 0 radical (unpaired) electrons. The minimum Gasteiger partial charge on any atom is -0.351 e. The van der Waals surface area contributed by atoms with Gasteiger partial charge in [-0.1, -0.05) is 6.92 Å². The van der Waals surface area contributed by atoms with Gasteiger partial charge < -0.3 is 5.32 Å². The van der Waals surface area contributed by atoms with Crippen molar-refractivity contribution in [2.75, 3.05) is 0 Å². The molecule has 1 N–H and O–H groups in total. The number of thiophene rings is 1. The number of hydrogen-bond donors (Lipinski definition) is 1. The molecule has 0 spiro atoms. The minimum atomic E-state index is 0.147. The van der Waals surface area contributed by atoms with Crippen molar-refractivity contribution in [1.29, 1.82) is 0 Å². The summed E-state index contributed by atoms with van der Waals surface area (Å²) < 4.78 is 0. The molecule has 0 saturated heterocycles. The molecule has 1 rings (SSSR count). The smallest absolute Gasteiger partial charge is 0.220 e. The SMILES string of the molecule is CCCC(=O)NCc1ccc(C)s1. The van der Waals surface area contributed by atoms with Crippen molar-refractivity contribution >= 4 is 17.2 Å². The molecule has 0 bridgehead atoms. The standard InChI is InChI=1S/C10H15NOS/c1-3-4-10(12)11-7-9-6-5-8(2)13-9/h5-6H,3-4,7H2,1-2H3,(H,11,12). The van der Waals surface area contributed by atoms with E-state index in [0.29, 0.717) is 13.0 Å². The first-order valence-corrected chi connectivity index (χ1v) is 5.36. The summed E-state index contributed by atoms with van der Waals surface area (Å²) in [4.78, 5) is 13.6. The number of aryl methyl sites for hydroxylation is 1. The molecule has 1 aromatic rings. The van der Waals surface area contributed by atoms with E-state index in [1.165, 1.54) is 9.75 Å². The third-order valence-electron chi connectivity index (χ3n) is 1.73. The van der Waals surface area contributed by atoms with E-state index in [1.54, 1.807) is 11.3 Å². The predicted molar refractivity (Wildman–Crippen MR) is 55.8 cm³/mol. The normalized spacial score (nSPS) is 10.0. The molecule has 1 heterocycles. The second-order valence-electron chi connectivity index (χ2n) is 3.04. The molecule has 0 atom stereocenters. The maximum atomic E-state index is 11.1. The van der Waals surface area contributed by atoms with Gasteiger partial charge in [0.1, 0.15) is 0 Å². The van der Waals surface area contributed by atoms with Crippen LogP contribution in [0.2, 0.25) is 0 Å². The zero-order chi connectivity index (χ0) is 9.68. The summed E-state index contributed by atoms with van der Waals surface area (Å²) in [5.74, 6) is 0.147. The van der Waals surface area contributed by atoms with E-state index in [2.05, 4.69) is 24.4 Å². The zero-order valence-electron chi connectivity index (χ0n) is 8.09. The average Bonchev–Trinajstić information content (AvgIpc) is 2.49. The van der Waals surface area contributed by atoms with Gasteiger partial charge in [-0.05, 0) is 25.5 Å². The summed E-state index contributed by atoms with van der Waals surface area (Å²) in [5.41, 5.74) is 0. The number of amides is 1. The molecule has 72 valence electrons. The second-order valence-corrected chi connectivity index (χ2v) is 4.41. The summed E-state index contributed by atoms with van der Waals surface area (Å²) in [6.45, 7) is 4.76. The van der Waals surface area contributed by atoms with Gasteiger partial charge in [0, 0.05) is 16.2 Å². The lowest BCUT2D eigenvalue weighted by Crippen LogP contribution is -2.21. The number of rotatable bonds is 4. The van der Waals surface area contributed by atoms with Gasteiger partial charge in [0.05, 0.1) is 6.54 Å². The quantitative estimate of drug-likeness (QED) is 0.789. The molecule has 0 saturated carbocycles. The fourth-order valence-corrected chi connectivity index (χ4v) is 1.91. The Morgan fingerprint density at radius 3 is 2.85 bits per heavy atom.